The Balaban J connectivity index is 2.62. The zero-order valence-corrected chi connectivity index (χ0v) is 10.8. The monoisotopic (exact) mass is 235 g/mol. The Morgan fingerprint density at radius 3 is 2.76 bits per heavy atom. The quantitative estimate of drug-likeness (QED) is 0.822. The number of amides is 2. The molecular formula is C13H21N3O. The van der Waals surface area contributed by atoms with Gasteiger partial charge in [0.25, 0.3) is 0 Å². The summed E-state index contributed by atoms with van der Waals surface area (Å²) in [6.07, 6.45) is 0. The Labute approximate surface area is 103 Å². The molecule has 17 heavy (non-hydrogen) atoms. The molecule has 4 nitrogen and oxygen atoms in total. The van der Waals surface area contributed by atoms with Crippen molar-refractivity contribution in [1.29, 1.82) is 0 Å². The highest BCUT2D eigenvalue weighted by Gasteiger charge is 2.06. The van der Waals surface area contributed by atoms with Crippen LogP contribution in [0.4, 0.5) is 10.5 Å². The Morgan fingerprint density at radius 2 is 2.12 bits per heavy atom. The number of hydrogen-bond donors (Lipinski definition) is 2. The molecule has 94 valence electrons. The molecule has 0 heterocycles. The van der Waals surface area contributed by atoms with Gasteiger partial charge in [-0.25, -0.2) is 4.79 Å². The van der Waals surface area contributed by atoms with Gasteiger partial charge in [-0.2, -0.15) is 0 Å². The van der Waals surface area contributed by atoms with Crippen LogP contribution in [0, 0.1) is 0 Å². The van der Waals surface area contributed by atoms with Gasteiger partial charge in [-0.05, 0) is 31.2 Å². The zero-order valence-electron chi connectivity index (χ0n) is 10.8. The van der Waals surface area contributed by atoms with E-state index in [0.29, 0.717) is 6.54 Å². The minimum atomic E-state index is -0.0758. The summed E-state index contributed by atoms with van der Waals surface area (Å²) in [6.45, 7) is 6.48. The standard InChI is InChI=1S/C13H21N3O/c1-4-14-10-11-7-6-8-12(9-11)15-13(17)16(3)5-2/h6-9,14H,4-5,10H2,1-3H3,(H,15,17). The van der Waals surface area contributed by atoms with Crippen molar-refractivity contribution in [2.75, 3.05) is 25.5 Å². The fourth-order valence-corrected chi connectivity index (χ4v) is 1.39. The lowest BCUT2D eigenvalue weighted by atomic mass is 10.2. The van der Waals surface area contributed by atoms with Crippen molar-refractivity contribution < 1.29 is 4.79 Å². The van der Waals surface area contributed by atoms with Crippen molar-refractivity contribution in [2.24, 2.45) is 0 Å². The lowest BCUT2D eigenvalue weighted by Crippen LogP contribution is -2.30. The second-order valence-corrected chi connectivity index (χ2v) is 3.93. The Morgan fingerprint density at radius 1 is 1.35 bits per heavy atom. The maximum Gasteiger partial charge on any atom is 0.321 e. The van der Waals surface area contributed by atoms with Crippen LogP contribution in [0.15, 0.2) is 24.3 Å². The van der Waals surface area contributed by atoms with Gasteiger partial charge in [-0.15, -0.1) is 0 Å². The van der Waals surface area contributed by atoms with Crippen molar-refractivity contribution >= 4 is 11.7 Å². The van der Waals surface area contributed by atoms with Crippen LogP contribution in [0.3, 0.4) is 0 Å². The molecule has 1 rings (SSSR count). The predicted molar refractivity (Wildman–Crippen MR) is 71.1 cm³/mol. The van der Waals surface area contributed by atoms with Crippen LogP contribution in [0.1, 0.15) is 19.4 Å². The molecule has 4 heteroatoms. The molecule has 2 N–H and O–H groups in total. The molecule has 0 radical (unpaired) electrons. The van der Waals surface area contributed by atoms with Gasteiger partial charge in [0.05, 0.1) is 0 Å². The normalized spacial score (nSPS) is 10.1. The molecule has 0 fully saturated rings. The second kappa shape index (κ2) is 6.91. The minimum Gasteiger partial charge on any atom is -0.328 e. The van der Waals surface area contributed by atoms with Crippen LogP contribution in [0.5, 0.6) is 0 Å². The van der Waals surface area contributed by atoms with E-state index < -0.39 is 0 Å². The molecule has 0 spiro atoms. The van der Waals surface area contributed by atoms with Crippen molar-refractivity contribution in [3.63, 3.8) is 0 Å². The molecular weight excluding hydrogens is 214 g/mol. The van der Waals surface area contributed by atoms with Crippen molar-refractivity contribution in [2.45, 2.75) is 20.4 Å². The first-order valence-electron chi connectivity index (χ1n) is 5.99. The molecule has 0 saturated heterocycles. The summed E-state index contributed by atoms with van der Waals surface area (Å²) >= 11 is 0. The number of benzene rings is 1. The number of urea groups is 1. The topological polar surface area (TPSA) is 44.4 Å². The van der Waals surface area contributed by atoms with E-state index in [9.17, 15) is 4.79 Å². The summed E-state index contributed by atoms with van der Waals surface area (Å²) in [5, 5.41) is 6.12. The SMILES string of the molecule is CCNCc1cccc(NC(=O)N(C)CC)c1. The van der Waals surface area contributed by atoms with Crippen LogP contribution in [0.2, 0.25) is 0 Å². The molecule has 0 unspecified atom stereocenters. The lowest BCUT2D eigenvalue weighted by Gasteiger charge is -2.15. The van der Waals surface area contributed by atoms with Crippen LogP contribution >= 0.6 is 0 Å². The van der Waals surface area contributed by atoms with E-state index in [-0.39, 0.29) is 6.03 Å². The molecule has 1 aromatic carbocycles. The van der Waals surface area contributed by atoms with Gasteiger partial charge in [-0.3, -0.25) is 0 Å². The van der Waals surface area contributed by atoms with Crippen molar-refractivity contribution in [3.05, 3.63) is 29.8 Å². The first-order chi connectivity index (χ1) is 8.17. The van der Waals surface area contributed by atoms with E-state index in [4.69, 9.17) is 0 Å². The maximum atomic E-state index is 11.7. The van der Waals surface area contributed by atoms with Gasteiger partial charge >= 0.3 is 6.03 Å². The molecule has 0 bridgehead atoms. The van der Waals surface area contributed by atoms with Gasteiger partial charge in [0.15, 0.2) is 0 Å². The predicted octanol–water partition coefficient (Wildman–Crippen LogP) is 2.28. The smallest absolute Gasteiger partial charge is 0.321 e. The van der Waals surface area contributed by atoms with Gasteiger partial charge in [0.2, 0.25) is 0 Å². The van der Waals surface area contributed by atoms with Gasteiger partial charge < -0.3 is 15.5 Å². The lowest BCUT2D eigenvalue weighted by molar-refractivity contribution is 0.224. The highest BCUT2D eigenvalue weighted by Crippen LogP contribution is 2.11. The first kappa shape index (κ1) is 13.5. The van der Waals surface area contributed by atoms with Crippen LogP contribution in [-0.2, 0) is 6.54 Å². The van der Waals surface area contributed by atoms with Crippen LogP contribution in [0.25, 0.3) is 0 Å². The number of carbonyl (C=O) groups is 1. The number of carbonyl (C=O) groups excluding carboxylic acids is 1. The van der Waals surface area contributed by atoms with E-state index in [1.807, 2.05) is 31.2 Å². The Kier molecular flexibility index (Phi) is 5.49. The number of hydrogen-bond acceptors (Lipinski definition) is 2. The van der Waals surface area contributed by atoms with E-state index >= 15 is 0 Å². The minimum absolute atomic E-state index is 0.0758. The van der Waals surface area contributed by atoms with E-state index in [0.717, 1.165) is 18.8 Å². The Hall–Kier alpha value is -1.55. The fourth-order valence-electron chi connectivity index (χ4n) is 1.39. The average molecular weight is 235 g/mol. The molecule has 0 aliphatic carbocycles. The largest absolute Gasteiger partial charge is 0.328 e. The molecule has 0 atom stereocenters. The second-order valence-electron chi connectivity index (χ2n) is 3.93. The average Bonchev–Trinajstić information content (AvgIpc) is 2.35. The summed E-state index contributed by atoms with van der Waals surface area (Å²) in [5.74, 6) is 0. The highest BCUT2D eigenvalue weighted by molar-refractivity contribution is 5.89. The molecule has 0 aromatic heterocycles. The third kappa shape index (κ3) is 4.44. The fraction of sp³-hybridized carbons (Fsp3) is 0.462. The van der Waals surface area contributed by atoms with Gasteiger partial charge in [0, 0.05) is 25.8 Å². The number of nitrogens with zero attached hydrogens (tertiary/aromatic N) is 1. The number of nitrogens with one attached hydrogen (secondary N) is 2. The summed E-state index contributed by atoms with van der Waals surface area (Å²) < 4.78 is 0. The molecule has 0 aliphatic rings. The van der Waals surface area contributed by atoms with Crippen molar-refractivity contribution in [1.82, 2.24) is 10.2 Å². The zero-order chi connectivity index (χ0) is 12.7. The van der Waals surface area contributed by atoms with Gasteiger partial charge in [0.1, 0.15) is 0 Å². The summed E-state index contributed by atoms with van der Waals surface area (Å²) in [7, 11) is 1.78. The van der Waals surface area contributed by atoms with E-state index in [1.165, 1.54) is 5.56 Å². The third-order valence-corrected chi connectivity index (χ3v) is 2.58. The molecule has 0 aliphatic heterocycles. The number of anilines is 1. The van der Waals surface area contributed by atoms with E-state index in [2.05, 4.69) is 17.6 Å². The summed E-state index contributed by atoms with van der Waals surface area (Å²) in [5.41, 5.74) is 2.01. The molecule has 1 aromatic rings. The highest BCUT2D eigenvalue weighted by atomic mass is 16.2. The third-order valence-electron chi connectivity index (χ3n) is 2.58. The van der Waals surface area contributed by atoms with Crippen molar-refractivity contribution in [3.8, 4) is 0 Å². The molecule has 2 amide bonds. The first-order valence-corrected chi connectivity index (χ1v) is 5.99. The Bertz CT molecular complexity index is 365. The van der Waals surface area contributed by atoms with Crippen LogP contribution < -0.4 is 10.6 Å². The summed E-state index contributed by atoms with van der Waals surface area (Å²) in [6, 6.07) is 7.81. The van der Waals surface area contributed by atoms with Gasteiger partial charge in [-0.1, -0.05) is 19.1 Å². The van der Waals surface area contributed by atoms with Crippen LogP contribution in [-0.4, -0.2) is 31.1 Å². The maximum absolute atomic E-state index is 11.7. The number of rotatable bonds is 5. The summed E-state index contributed by atoms with van der Waals surface area (Å²) in [4.78, 5) is 13.3. The molecule has 0 saturated carbocycles. The van der Waals surface area contributed by atoms with E-state index in [1.54, 1.807) is 11.9 Å².